The summed E-state index contributed by atoms with van der Waals surface area (Å²) in [4.78, 5) is 0. The highest BCUT2D eigenvalue weighted by Gasteiger charge is 2.29. The van der Waals surface area contributed by atoms with E-state index in [2.05, 4.69) is 24.3 Å². The van der Waals surface area contributed by atoms with Gasteiger partial charge in [0.2, 0.25) is 5.88 Å². The Balaban J connectivity index is 2.44. The van der Waals surface area contributed by atoms with E-state index in [9.17, 15) is 0 Å². The lowest BCUT2D eigenvalue weighted by atomic mass is 9.93. The van der Waals surface area contributed by atoms with Gasteiger partial charge in [0, 0.05) is 19.2 Å². The zero-order valence-electron chi connectivity index (χ0n) is 9.87. The monoisotopic (exact) mass is 209 g/mol. The van der Waals surface area contributed by atoms with Crippen LogP contribution in [0.25, 0.3) is 0 Å². The highest BCUT2D eigenvalue weighted by molar-refractivity contribution is 5.36. The van der Waals surface area contributed by atoms with Crippen molar-refractivity contribution in [2.24, 2.45) is 13.0 Å². The van der Waals surface area contributed by atoms with Crippen LogP contribution in [0.2, 0.25) is 0 Å². The van der Waals surface area contributed by atoms with Crippen LogP contribution in [-0.4, -0.2) is 23.4 Å². The zero-order chi connectivity index (χ0) is 11.0. The number of aromatic nitrogens is 2. The van der Waals surface area contributed by atoms with Gasteiger partial charge in [0.1, 0.15) is 0 Å². The van der Waals surface area contributed by atoms with E-state index in [1.165, 1.54) is 5.56 Å². The SMILES string of the molecule is COc1c2c(nn1C)C(C(C)C)NCC2. The zero-order valence-corrected chi connectivity index (χ0v) is 9.87. The molecular weight excluding hydrogens is 190 g/mol. The minimum absolute atomic E-state index is 0.365. The summed E-state index contributed by atoms with van der Waals surface area (Å²) < 4.78 is 7.22. The number of nitrogens with one attached hydrogen (secondary N) is 1. The maximum atomic E-state index is 5.38. The fourth-order valence-corrected chi connectivity index (χ4v) is 2.31. The number of rotatable bonds is 2. The second-order valence-corrected chi connectivity index (χ2v) is 4.42. The van der Waals surface area contributed by atoms with Crippen LogP contribution in [0.3, 0.4) is 0 Å². The summed E-state index contributed by atoms with van der Waals surface area (Å²) in [6, 6.07) is 0.365. The minimum atomic E-state index is 0.365. The molecule has 4 nitrogen and oxygen atoms in total. The molecular formula is C11H19N3O. The molecule has 84 valence electrons. The quantitative estimate of drug-likeness (QED) is 0.797. The lowest BCUT2D eigenvalue weighted by Gasteiger charge is -2.25. The standard InChI is InChI=1S/C11H19N3O/c1-7(2)9-10-8(5-6-12-9)11(15-4)14(3)13-10/h7,9,12H,5-6H2,1-4H3. The molecule has 1 unspecified atom stereocenters. The van der Waals surface area contributed by atoms with Gasteiger partial charge in [-0.2, -0.15) is 5.10 Å². The number of methoxy groups -OCH3 is 1. The number of fused-ring (bicyclic) bond motifs is 1. The van der Waals surface area contributed by atoms with Crippen molar-refractivity contribution in [2.45, 2.75) is 26.3 Å². The summed E-state index contributed by atoms with van der Waals surface area (Å²) in [7, 11) is 3.65. The van der Waals surface area contributed by atoms with Gasteiger partial charge in [0.25, 0.3) is 0 Å². The van der Waals surface area contributed by atoms with Crippen molar-refractivity contribution in [1.82, 2.24) is 15.1 Å². The third-order valence-electron chi connectivity index (χ3n) is 3.01. The number of aryl methyl sites for hydroxylation is 1. The first-order chi connectivity index (χ1) is 7.15. The normalized spacial score (nSPS) is 20.5. The molecule has 0 aliphatic carbocycles. The Morgan fingerprint density at radius 2 is 2.27 bits per heavy atom. The van der Waals surface area contributed by atoms with Crippen LogP contribution < -0.4 is 10.1 Å². The smallest absolute Gasteiger partial charge is 0.214 e. The molecule has 1 aromatic heterocycles. The predicted molar refractivity (Wildman–Crippen MR) is 59.0 cm³/mol. The summed E-state index contributed by atoms with van der Waals surface area (Å²) in [6.45, 7) is 5.44. The Bertz CT molecular complexity index is 357. The van der Waals surface area contributed by atoms with Crippen molar-refractivity contribution in [3.8, 4) is 5.88 Å². The number of ether oxygens (including phenoxy) is 1. The lowest BCUT2D eigenvalue weighted by Crippen LogP contribution is -2.33. The Labute approximate surface area is 90.6 Å². The van der Waals surface area contributed by atoms with Crippen LogP contribution in [-0.2, 0) is 13.5 Å². The molecule has 0 bridgehead atoms. The van der Waals surface area contributed by atoms with Gasteiger partial charge >= 0.3 is 0 Å². The average Bonchev–Trinajstić information content (AvgIpc) is 2.52. The topological polar surface area (TPSA) is 39.1 Å². The number of nitrogens with zero attached hydrogens (tertiary/aromatic N) is 2. The van der Waals surface area contributed by atoms with E-state index in [0.717, 1.165) is 24.5 Å². The fourth-order valence-electron chi connectivity index (χ4n) is 2.31. The molecule has 1 atom stereocenters. The molecule has 0 amide bonds. The molecule has 1 aliphatic heterocycles. The Kier molecular flexibility index (Phi) is 2.69. The first-order valence-electron chi connectivity index (χ1n) is 5.48. The van der Waals surface area contributed by atoms with Crippen LogP contribution in [0.1, 0.15) is 31.1 Å². The molecule has 2 heterocycles. The summed E-state index contributed by atoms with van der Waals surface area (Å²) in [6.07, 6.45) is 1.01. The number of hydrogen-bond acceptors (Lipinski definition) is 3. The molecule has 0 spiro atoms. The van der Waals surface area contributed by atoms with Gasteiger partial charge in [-0.15, -0.1) is 0 Å². The molecule has 1 N–H and O–H groups in total. The third-order valence-corrected chi connectivity index (χ3v) is 3.01. The molecule has 0 radical (unpaired) electrons. The molecule has 4 heteroatoms. The maximum absolute atomic E-state index is 5.38. The van der Waals surface area contributed by atoms with Crippen molar-refractivity contribution in [3.63, 3.8) is 0 Å². The first-order valence-corrected chi connectivity index (χ1v) is 5.48. The van der Waals surface area contributed by atoms with Gasteiger partial charge in [-0.3, -0.25) is 0 Å². The van der Waals surface area contributed by atoms with E-state index >= 15 is 0 Å². The van der Waals surface area contributed by atoms with Crippen molar-refractivity contribution >= 4 is 0 Å². The first kappa shape index (κ1) is 10.5. The van der Waals surface area contributed by atoms with E-state index in [4.69, 9.17) is 4.74 Å². The van der Waals surface area contributed by atoms with Gasteiger partial charge < -0.3 is 10.1 Å². The van der Waals surface area contributed by atoms with Crippen molar-refractivity contribution in [1.29, 1.82) is 0 Å². The van der Waals surface area contributed by atoms with Crippen molar-refractivity contribution in [3.05, 3.63) is 11.3 Å². The molecule has 0 saturated heterocycles. The summed E-state index contributed by atoms with van der Waals surface area (Å²) in [5, 5.41) is 8.06. The number of hydrogen-bond donors (Lipinski definition) is 1. The van der Waals surface area contributed by atoms with Gasteiger partial charge in [-0.05, 0) is 12.3 Å². The summed E-state index contributed by atoms with van der Waals surface area (Å²) in [5.74, 6) is 1.47. The van der Waals surface area contributed by atoms with Crippen LogP contribution >= 0.6 is 0 Å². The lowest BCUT2D eigenvalue weighted by molar-refractivity contribution is 0.366. The van der Waals surface area contributed by atoms with E-state index in [1.54, 1.807) is 7.11 Å². The van der Waals surface area contributed by atoms with Crippen LogP contribution in [0.15, 0.2) is 0 Å². The van der Waals surface area contributed by atoms with E-state index < -0.39 is 0 Å². The highest BCUT2D eigenvalue weighted by atomic mass is 16.5. The second kappa shape index (κ2) is 3.85. The molecule has 1 aromatic rings. The molecule has 1 aliphatic rings. The maximum Gasteiger partial charge on any atom is 0.214 e. The van der Waals surface area contributed by atoms with Gasteiger partial charge in [0.15, 0.2) is 0 Å². The van der Waals surface area contributed by atoms with Crippen molar-refractivity contribution < 1.29 is 4.74 Å². The average molecular weight is 209 g/mol. The van der Waals surface area contributed by atoms with E-state index in [-0.39, 0.29) is 0 Å². The third kappa shape index (κ3) is 1.63. The van der Waals surface area contributed by atoms with Crippen LogP contribution in [0, 0.1) is 5.92 Å². The fraction of sp³-hybridized carbons (Fsp3) is 0.727. The van der Waals surface area contributed by atoms with Gasteiger partial charge in [0.05, 0.1) is 18.8 Å². The molecule has 0 saturated carbocycles. The molecule has 15 heavy (non-hydrogen) atoms. The Morgan fingerprint density at radius 1 is 1.53 bits per heavy atom. The van der Waals surface area contributed by atoms with Crippen LogP contribution in [0.5, 0.6) is 5.88 Å². The van der Waals surface area contributed by atoms with E-state index in [0.29, 0.717) is 12.0 Å². The van der Waals surface area contributed by atoms with E-state index in [1.807, 2.05) is 11.7 Å². The van der Waals surface area contributed by atoms with Gasteiger partial charge in [-0.25, -0.2) is 4.68 Å². The van der Waals surface area contributed by atoms with Gasteiger partial charge in [-0.1, -0.05) is 13.8 Å². The molecule has 0 aromatic carbocycles. The molecule has 2 rings (SSSR count). The Hall–Kier alpha value is -1.03. The highest BCUT2D eigenvalue weighted by Crippen LogP contribution is 2.32. The van der Waals surface area contributed by atoms with Crippen LogP contribution in [0.4, 0.5) is 0 Å². The Morgan fingerprint density at radius 3 is 2.87 bits per heavy atom. The summed E-state index contributed by atoms with van der Waals surface area (Å²) >= 11 is 0. The molecule has 0 fully saturated rings. The minimum Gasteiger partial charge on any atom is -0.481 e. The largest absolute Gasteiger partial charge is 0.481 e. The predicted octanol–water partition coefficient (Wildman–Crippen LogP) is 1.27. The summed E-state index contributed by atoms with van der Waals surface area (Å²) in [5.41, 5.74) is 2.44. The van der Waals surface area contributed by atoms with Crippen molar-refractivity contribution in [2.75, 3.05) is 13.7 Å². The second-order valence-electron chi connectivity index (χ2n) is 4.42.